The Morgan fingerprint density at radius 3 is 2.33 bits per heavy atom. The number of aliphatic carboxylic acids is 1. The van der Waals surface area contributed by atoms with Crippen molar-refractivity contribution in [3.05, 3.63) is 60.3 Å². The maximum atomic E-state index is 13.2. The zero-order valence-corrected chi connectivity index (χ0v) is 22.7. The predicted octanol–water partition coefficient (Wildman–Crippen LogP) is 2.43. The molecule has 2 heterocycles. The lowest BCUT2D eigenvalue weighted by Gasteiger charge is -2.35. The molecule has 208 valence electrons. The van der Waals surface area contributed by atoms with Crippen LogP contribution in [0.4, 0.5) is 11.5 Å². The third-order valence-electron chi connectivity index (χ3n) is 5.95. The molecule has 1 fully saturated rings. The summed E-state index contributed by atoms with van der Waals surface area (Å²) in [6, 6.07) is 12.9. The summed E-state index contributed by atoms with van der Waals surface area (Å²) in [5.41, 5.74) is 0.828. The van der Waals surface area contributed by atoms with E-state index in [0.717, 1.165) is 0 Å². The molecule has 0 atom stereocenters. The number of rotatable bonds is 10. The standard InChI is InChI=1S/C26H31N5O7S/c1-18(2)38-20-5-7-21(8-6-20)39(35,36)31-14-12-30(13-15-31)19-4-9-22(23(16-19)37-17-25(32)33)26(34)27-24-10-11-29(3)28-24/h4-11,16,18H,12-15,17H2,1-3H3,(H,32,33)(H,27,28,34). The Kier molecular flexibility index (Phi) is 8.41. The molecule has 1 aliphatic heterocycles. The molecule has 3 aromatic rings. The largest absolute Gasteiger partial charge is 0.491 e. The van der Waals surface area contributed by atoms with Crippen molar-refractivity contribution in [2.24, 2.45) is 7.05 Å². The number of hydrogen-bond acceptors (Lipinski definition) is 8. The Morgan fingerprint density at radius 1 is 1.05 bits per heavy atom. The second kappa shape index (κ2) is 11.7. The zero-order chi connectivity index (χ0) is 28.2. The van der Waals surface area contributed by atoms with Gasteiger partial charge in [0.2, 0.25) is 10.0 Å². The molecule has 0 unspecified atom stereocenters. The molecule has 0 bridgehead atoms. The number of nitrogens with one attached hydrogen (secondary N) is 1. The van der Waals surface area contributed by atoms with Crippen molar-refractivity contribution in [2.45, 2.75) is 24.8 Å². The Labute approximate surface area is 226 Å². The van der Waals surface area contributed by atoms with E-state index in [-0.39, 0.29) is 35.4 Å². The lowest BCUT2D eigenvalue weighted by atomic mass is 10.1. The number of aryl methyl sites for hydroxylation is 1. The summed E-state index contributed by atoms with van der Waals surface area (Å²) in [5, 5.41) is 15.9. The second-order valence-electron chi connectivity index (χ2n) is 9.22. The summed E-state index contributed by atoms with van der Waals surface area (Å²) in [7, 11) is -1.97. The van der Waals surface area contributed by atoms with E-state index in [2.05, 4.69) is 10.4 Å². The number of carboxylic acids is 1. The molecule has 1 aromatic heterocycles. The highest BCUT2D eigenvalue weighted by molar-refractivity contribution is 7.89. The van der Waals surface area contributed by atoms with Gasteiger partial charge >= 0.3 is 5.97 Å². The van der Waals surface area contributed by atoms with Gasteiger partial charge in [0.05, 0.1) is 16.6 Å². The molecule has 1 saturated heterocycles. The third-order valence-corrected chi connectivity index (χ3v) is 7.87. The van der Waals surface area contributed by atoms with Crippen molar-refractivity contribution in [1.29, 1.82) is 0 Å². The van der Waals surface area contributed by atoms with E-state index in [1.807, 2.05) is 18.7 Å². The fraction of sp³-hybridized carbons (Fsp3) is 0.346. The highest BCUT2D eigenvalue weighted by Crippen LogP contribution is 2.29. The van der Waals surface area contributed by atoms with Crippen LogP contribution in [0.1, 0.15) is 24.2 Å². The molecule has 1 amide bonds. The fourth-order valence-electron chi connectivity index (χ4n) is 4.12. The van der Waals surface area contributed by atoms with Crippen molar-refractivity contribution < 1.29 is 32.6 Å². The van der Waals surface area contributed by atoms with Gasteiger partial charge in [-0.1, -0.05) is 0 Å². The van der Waals surface area contributed by atoms with Crippen molar-refractivity contribution in [3.8, 4) is 11.5 Å². The van der Waals surface area contributed by atoms with Crippen LogP contribution in [0.2, 0.25) is 0 Å². The van der Waals surface area contributed by atoms with E-state index in [0.29, 0.717) is 30.3 Å². The normalized spacial score (nSPS) is 14.3. The van der Waals surface area contributed by atoms with Crippen LogP contribution in [-0.2, 0) is 21.9 Å². The molecule has 13 heteroatoms. The minimum absolute atomic E-state index is 0.0140. The van der Waals surface area contributed by atoms with Crippen molar-refractivity contribution in [3.63, 3.8) is 0 Å². The molecule has 0 saturated carbocycles. The fourth-order valence-corrected chi connectivity index (χ4v) is 5.54. The highest BCUT2D eigenvalue weighted by atomic mass is 32.2. The van der Waals surface area contributed by atoms with Gasteiger partial charge < -0.3 is 24.8 Å². The summed E-state index contributed by atoms with van der Waals surface area (Å²) >= 11 is 0. The number of ether oxygens (including phenoxy) is 2. The molecule has 0 aliphatic carbocycles. The molecule has 2 aromatic carbocycles. The topological polar surface area (TPSA) is 143 Å². The Balaban J connectivity index is 1.46. The molecular formula is C26H31N5O7S. The molecule has 1 aliphatic rings. The number of carbonyl (C=O) groups excluding carboxylic acids is 1. The van der Waals surface area contributed by atoms with Gasteiger partial charge in [-0.3, -0.25) is 9.48 Å². The molecular weight excluding hydrogens is 526 g/mol. The molecule has 4 rings (SSSR count). The van der Waals surface area contributed by atoms with Crippen LogP contribution >= 0.6 is 0 Å². The van der Waals surface area contributed by atoms with Gasteiger partial charge in [-0.2, -0.15) is 9.40 Å². The highest BCUT2D eigenvalue weighted by Gasteiger charge is 2.29. The zero-order valence-electron chi connectivity index (χ0n) is 21.9. The van der Waals surface area contributed by atoms with Crippen LogP contribution in [0.25, 0.3) is 0 Å². The number of sulfonamides is 1. The molecule has 2 N–H and O–H groups in total. The van der Waals surface area contributed by atoms with Crippen LogP contribution in [0.5, 0.6) is 11.5 Å². The number of anilines is 2. The van der Waals surface area contributed by atoms with E-state index in [1.54, 1.807) is 61.8 Å². The summed E-state index contributed by atoms with van der Waals surface area (Å²) in [4.78, 5) is 26.1. The Bertz CT molecular complexity index is 1430. The first-order chi connectivity index (χ1) is 18.5. The number of nitrogens with zero attached hydrogens (tertiary/aromatic N) is 4. The summed E-state index contributed by atoms with van der Waals surface area (Å²) < 4.78 is 40.4. The number of carboxylic acid groups (broad SMARTS) is 1. The van der Waals surface area contributed by atoms with Crippen LogP contribution in [0, 0.1) is 0 Å². The van der Waals surface area contributed by atoms with Crippen molar-refractivity contribution >= 4 is 33.4 Å². The van der Waals surface area contributed by atoms with Gasteiger partial charge in [0.15, 0.2) is 12.4 Å². The number of amides is 1. The quantitative estimate of drug-likeness (QED) is 0.384. The van der Waals surface area contributed by atoms with Crippen molar-refractivity contribution in [1.82, 2.24) is 14.1 Å². The molecule has 0 spiro atoms. The van der Waals surface area contributed by atoms with E-state index in [1.165, 1.54) is 8.99 Å². The molecule has 12 nitrogen and oxygen atoms in total. The van der Waals surface area contributed by atoms with Gasteiger partial charge in [0, 0.05) is 57.2 Å². The van der Waals surface area contributed by atoms with Gasteiger partial charge in [0.1, 0.15) is 11.5 Å². The number of aromatic nitrogens is 2. The lowest BCUT2D eigenvalue weighted by Crippen LogP contribution is -2.48. The number of hydrogen-bond donors (Lipinski definition) is 2. The van der Waals surface area contributed by atoms with E-state index < -0.39 is 28.5 Å². The van der Waals surface area contributed by atoms with Gasteiger partial charge in [0.25, 0.3) is 5.91 Å². The van der Waals surface area contributed by atoms with Crippen molar-refractivity contribution in [2.75, 3.05) is 43.0 Å². The van der Waals surface area contributed by atoms with Crippen LogP contribution < -0.4 is 19.7 Å². The first-order valence-corrected chi connectivity index (χ1v) is 13.8. The monoisotopic (exact) mass is 557 g/mol. The van der Waals surface area contributed by atoms with E-state index >= 15 is 0 Å². The summed E-state index contributed by atoms with van der Waals surface area (Å²) in [6.45, 7) is 4.46. The van der Waals surface area contributed by atoms with Gasteiger partial charge in [-0.15, -0.1) is 0 Å². The van der Waals surface area contributed by atoms with Crippen LogP contribution in [0.15, 0.2) is 59.6 Å². The van der Waals surface area contributed by atoms with Gasteiger partial charge in [-0.25, -0.2) is 13.2 Å². The Morgan fingerprint density at radius 2 is 1.74 bits per heavy atom. The number of carbonyl (C=O) groups is 2. The van der Waals surface area contributed by atoms with E-state index in [9.17, 15) is 18.0 Å². The van der Waals surface area contributed by atoms with Crippen LogP contribution in [-0.4, -0.2) is 78.4 Å². The number of benzene rings is 2. The second-order valence-corrected chi connectivity index (χ2v) is 11.2. The summed E-state index contributed by atoms with van der Waals surface area (Å²) in [6.07, 6.45) is 1.66. The van der Waals surface area contributed by atoms with Crippen LogP contribution in [0.3, 0.4) is 0 Å². The summed E-state index contributed by atoms with van der Waals surface area (Å²) in [5.74, 6) is -0.635. The minimum atomic E-state index is -3.68. The first kappa shape index (κ1) is 27.9. The SMILES string of the molecule is CC(C)Oc1ccc(S(=O)(=O)N2CCN(c3ccc(C(=O)Nc4ccn(C)n4)c(OCC(=O)O)c3)CC2)cc1. The van der Waals surface area contributed by atoms with E-state index in [4.69, 9.17) is 14.6 Å². The molecule has 39 heavy (non-hydrogen) atoms. The Hall–Kier alpha value is -4.10. The average molecular weight is 558 g/mol. The molecule has 0 radical (unpaired) electrons. The minimum Gasteiger partial charge on any atom is -0.491 e. The average Bonchev–Trinajstić information content (AvgIpc) is 3.31. The smallest absolute Gasteiger partial charge is 0.341 e. The van der Waals surface area contributed by atoms with Gasteiger partial charge in [-0.05, 0) is 50.2 Å². The maximum Gasteiger partial charge on any atom is 0.341 e. The third kappa shape index (κ3) is 6.86. The number of piperazine rings is 1. The maximum absolute atomic E-state index is 13.2. The predicted molar refractivity (Wildman–Crippen MR) is 144 cm³/mol. The lowest BCUT2D eigenvalue weighted by molar-refractivity contribution is -0.139. The first-order valence-electron chi connectivity index (χ1n) is 12.3.